The molecule has 0 saturated heterocycles. The lowest BCUT2D eigenvalue weighted by Crippen LogP contribution is -2.37. The number of anilines is 1. The Kier molecular flexibility index (Phi) is 6.08. The smallest absolute Gasteiger partial charge is 0.238 e. The molecule has 0 spiro atoms. The summed E-state index contributed by atoms with van der Waals surface area (Å²) in [6.07, 6.45) is 0. The van der Waals surface area contributed by atoms with E-state index < -0.39 is 0 Å². The van der Waals surface area contributed by atoms with Gasteiger partial charge in [-0.25, -0.2) is 0 Å². The van der Waals surface area contributed by atoms with Crippen molar-refractivity contribution in [1.29, 1.82) is 0 Å². The third-order valence-corrected chi connectivity index (χ3v) is 3.15. The van der Waals surface area contributed by atoms with Crippen molar-refractivity contribution in [2.75, 3.05) is 32.5 Å². The number of benzene rings is 1. The number of likely N-dealkylation sites (N-methyl/N-ethyl adjacent to an activating group) is 2. The Labute approximate surface area is 121 Å². The van der Waals surface area contributed by atoms with Gasteiger partial charge in [0.2, 0.25) is 11.8 Å². The summed E-state index contributed by atoms with van der Waals surface area (Å²) in [4.78, 5) is 24.5. The molecular weight excluding hydrogens is 289 g/mol. The molecule has 1 rings (SSSR count). The van der Waals surface area contributed by atoms with E-state index >= 15 is 0 Å². The molecule has 5 nitrogen and oxygen atoms in total. The van der Waals surface area contributed by atoms with Gasteiger partial charge in [-0.3, -0.25) is 14.5 Å². The zero-order valence-corrected chi connectivity index (χ0v) is 12.2. The third-order valence-electron chi connectivity index (χ3n) is 2.33. The van der Waals surface area contributed by atoms with E-state index in [9.17, 15) is 9.59 Å². The van der Waals surface area contributed by atoms with Gasteiger partial charge in [-0.1, -0.05) is 29.3 Å². The quantitative estimate of drug-likeness (QED) is 0.869. The van der Waals surface area contributed by atoms with E-state index in [2.05, 4.69) is 10.6 Å². The van der Waals surface area contributed by atoms with Crippen LogP contribution < -0.4 is 10.6 Å². The molecular formula is C12H15Cl2N3O2. The van der Waals surface area contributed by atoms with Crippen LogP contribution in [-0.4, -0.2) is 43.9 Å². The average molecular weight is 304 g/mol. The predicted octanol–water partition coefficient (Wildman–Crippen LogP) is 1.61. The minimum atomic E-state index is -0.268. The number of halogens is 2. The Morgan fingerprint density at radius 1 is 1.21 bits per heavy atom. The minimum Gasteiger partial charge on any atom is -0.358 e. The topological polar surface area (TPSA) is 61.4 Å². The molecule has 0 heterocycles. The molecule has 0 atom stereocenters. The Morgan fingerprint density at radius 3 is 2.47 bits per heavy atom. The van der Waals surface area contributed by atoms with Crippen molar-refractivity contribution in [3.05, 3.63) is 28.2 Å². The number of amides is 2. The van der Waals surface area contributed by atoms with Crippen LogP contribution in [0, 0.1) is 0 Å². The summed E-state index contributed by atoms with van der Waals surface area (Å²) in [6, 6.07) is 4.99. The number of nitrogens with zero attached hydrogens (tertiary/aromatic N) is 1. The first-order valence-electron chi connectivity index (χ1n) is 5.57. The zero-order chi connectivity index (χ0) is 14.4. The van der Waals surface area contributed by atoms with Crippen LogP contribution in [0.25, 0.3) is 0 Å². The van der Waals surface area contributed by atoms with Gasteiger partial charge in [0.25, 0.3) is 0 Å². The van der Waals surface area contributed by atoms with E-state index in [0.29, 0.717) is 15.7 Å². The molecule has 1 aromatic carbocycles. The second-order valence-electron chi connectivity index (χ2n) is 4.00. The summed E-state index contributed by atoms with van der Waals surface area (Å²) in [5, 5.41) is 5.80. The molecule has 104 valence electrons. The van der Waals surface area contributed by atoms with Crippen LogP contribution in [0.3, 0.4) is 0 Å². The highest BCUT2D eigenvalue weighted by atomic mass is 35.5. The van der Waals surface area contributed by atoms with E-state index in [1.807, 2.05) is 0 Å². The molecule has 0 fully saturated rings. The second kappa shape index (κ2) is 7.33. The molecule has 0 unspecified atom stereocenters. The highest BCUT2D eigenvalue weighted by Gasteiger charge is 2.12. The van der Waals surface area contributed by atoms with Crippen molar-refractivity contribution >= 4 is 40.7 Å². The van der Waals surface area contributed by atoms with Crippen molar-refractivity contribution in [2.45, 2.75) is 0 Å². The summed E-state index contributed by atoms with van der Waals surface area (Å²) < 4.78 is 0. The molecule has 7 heteroatoms. The van der Waals surface area contributed by atoms with Gasteiger partial charge in [0.05, 0.1) is 28.8 Å². The maximum atomic E-state index is 11.8. The highest BCUT2D eigenvalue weighted by molar-refractivity contribution is 6.43. The first kappa shape index (κ1) is 15.8. The van der Waals surface area contributed by atoms with Crippen LogP contribution in [0.4, 0.5) is 5.69 Å². The molecule has 0 aliphatic heterocycles. The largest absolute Gasteiger partial charge is 0.358 e. The molecule has 1 aromatic rings. The van der Waals surface area contributed by atoms with Gasteiger partial charge in [0.1, 0.15) is 0 Å². The predicted molar refractivity (Wildman–Crippen MR) is 76.7 cm³/mol. The van der Waals surface area contributed by atoms with Gasteiger partial charge in [-0.2, -0.15) is 0 Å². The third kappa shape index (κ3) is 5.06. The summed E-state index contributed by atoms with van der Waals surface area (Å²) in [5.74, 6) is -0.424. The fraction of sp³-hybridized carbons (Fsp3) is 0.333. The van der Waals surface area contributed by atoms with E-state index in [1.165, 1.54) is 0 Å². The van der Waals surface area contributed by atoms with Crippen molar-refractivity contribution in [3.8, 4) is 0 Å². The normalized spacial score (nSPS) is 10.4. The number of rotatable bonds is 5. The van der Waals surface area contributed by atoms with Crippen molar-refractivity contribution in [1.82, 2.24) is 10.2 Å². The van der Waals surface area contributed by atoms with Crippen LogP contribution >= 0.6 is 23.2 Å². The van der Waals surface area contributed by atoms with E-state index in [1.54, 1.807) is 37.2 Å². The lowest BCUT2D eigenvalue weighted by Gasteiger charge is -2.15. The van der Waals surface area contributed by atoms with Gasteiger partial charge >= 0.3 is 0 Å². The SMILES string of the molecule is CNC(=O)CN(C)CC(=O)Nc1cccc(Cl)c1Cl. The number of carbonyl (C=O) groups excluding carboxylic acids is 2. The number of nitrogens with one attached hydrogen (secondary N) is 2. The Bertz CT molecular complexity index is 480. The molecule has 0 aliphatic carbocycles. The van der Waals surface area contributed by atoms with Crippen molar-refractivity contribution < 1.29 is 9.59 Å². The molecule has 0 saturated carbocycles. The fourth-order valence-electron chi connectivity index (χ4n) is 1.42. The van der Waals surface area contributed by atoms with Gasteiger partial charge in [-0.05, 0) is 19.2 Å². The van der Waals surface area contributed by atoms with Crippen LogP contribution in [-0.2, 0) is 9.59 Å². The Morgan fingerprint density at radius 2 is 1.84 bits per heavy atom. The summed E-state index contributed by atoms with van der Waals surface area (Å²) in [7, 11) is 3.22. The zero-order valence-electron chi connectivity index (χ0n) is 10.7. The van der Waals surface area contributed by atoms with E-state index in [4.69, 9.17) is 23.2 Å². The number of hydrogen-bond acceptors (Lipinski definition) is 3. The van der Waals surface area contributed by atoms with Crippen molar-refractivity contribution in [3.63, 3.8) is 0 Å². The maximum absolute atomic E-state index is 11.8. The average Bonchev–Trinajstić information content (AvgIpc) is 2.34. The summed E-state index contributed by atoms with van der Waals surface area (Å²) >= 11 is 11.8. The highest BCUT2D eigenvalue weighted by Crippen LogP contribution is 2.29. The van der Waals surface area contributed by atoms with Gasteiger partial charge in [0.15, 0.2) is 0 Å². The van der Waals surface area contributed by atoms with E-state index in [0.717, 1.165) is 0 Å². The van der Waals surface area contributed by atoms with Crippen LogP contribution in [0.2, 0.25) is 10.0 Å². The van der Waals surface area contributed by atoms with Gasteiger partial charge in [-0.15, -0.1) is 0 Å². The van der Waals surface area contributed by atoms with Crippen LogP contribution in [0.1, 0.15) is 0 Å². The molecule has 19 heavy (non-hydrogen) atoms. The molecule has 0 aromatic heterocycles. The number of carbonyl (C=O) groups is 2. The molecule has 0 aliphatic rings. The maximum Gasteiger partial charge on any atom is 0.238 e. The summed E-state index contributed by atoms with van der Waals surface area (Å²) in [5.41, 5.74) is 0.451. The molecule has 2 amide bonds. The van der Waals surface area contributed by atoms with Gasteiger partial charge in [0, 0.05) is 7.05 Å². The van der Waals surface area contributed by atoms with E-state index in [-0.39, 0.29) is 24.9 Å². The first-order valence-corrected chi connectivity index (χ1v) is 6.32. The second-order valence-corrected chi connectivity index (χ2v) is 4.78. The summed E-state index contributed by atoms with van der Waals surface area (Å²) in [6.45, 7) is 0.226. The monoisotopic (exact) mass is 303 g/mol. The van der Waals surface area contributed by atoms with Crippen molar-refractivity contribution in [2.24, 2.45) is 0 Å². The Balaban J connectivity index is 2.56. The number of hydrogen-bond donors (Lipinski definition) is 2. The first-order chi connectivity index (χ1) is 8.93. The lowest BCUT2D eigenvalue weighted by molar-refractivity contribution is -0.122. The van der Waals surface area contributed by atoms with Gasteiger partial charge < -0.3 is 10.6 Å². The molecule has 0 bridgehead atoms. The molecule has 2 N–H and O–H groups in total. The standard InChI is InChI=1S/C12H15Cl2N3O2/c1-15-10(18)6-17(2)7-11(19)16-9-5-3-4-8(13)12(9)14/h3-5H,6-7H2,1-2H3,(H,15,18)(H,16,19). The minimum absolute atomic E-state index is 0.0796. The fourth-order valence-corrected chi connectivity index (χ4v) is 1.76. The Hall–Kier alpha value is -1.30. The van der Waals surface area contributed by atoms with Crippen LogP contribution in [0.15, 0.2) is 18.2 Å². The molecule has 0 radical (unpaired) electrons. The van der Waals surface area contributed by atoms with Crippen LogP contribution in [0.5, 0.6) is 0 Å². The lowest BCUT2D eigenvalue weighted by atomic mass is 10.3.